The van der Waals surface area contributed by atoms with Crippen molar-refractivity contribution in [1.29, 1.82) is 0 Å². The lowest BCUT2D eigenvalue weighted by Crippen LogP contribution is -2.35. The van der Waals surface area contributed by atoms with Crippen LogP contribution in [0.3, 0.4) is 0 Å². The number of hydrogen-bond acceptors (Lipinski definition) is 4. The van der Waals surface area contributed by atoms with Gasteiger partial charge in [-0.15, -0.1) is 0 Å². The number of benzene rings is 1. The van der Waals surface area contributed by atoms with Crippen molar-refractivity contribution < 1.29 is 14.8 Å². The Hall–Kier alpha value is -1.66. The predicted molar refractivity (Wildman–Crippen MR) is 75.9 cm³/mol. The Kier molecular flexibility index (Phi) is 5.91. The maximum Gasteiger partial charge on any atom is 0.283 e. The summed E-state index contributed by atoms with van der Waals surface area (Å²) in [5.41, 5.74) is -0.427. The highest BCUT2D eigenvalue weighted by molar-refractivity contribution is 6.31. The van der Waals surface area contributed by atoms with Gasteiger partial charge in [-0.3, -0.25) is 14.9 Å². The van der Waals surface area contributed by atoms with Crippen LogP contribution in [0.15, 0.2) is 18.2 Å². The van der Waals surface area contributed by atoms with Gasteiger partial charge in [-0.2, -0.15) is 0 Å². The van der Waals surface area contributed by atoms with Gasteiger partial charge in [0.2, 0.25) is 0 Å². The Morgan fingerprint density at radius 1 is 1.55 bits per heavy atom. The molecule has 0 spiro atoms. The maximum absolute atomic E-state index is 11.9. The summed E-state index contributed by atoms with van der Waals surface area (Å²) in [6.07, 6.45) is 0.0910. The van der Waals surface area contributed by atoms with E-state index in [1.807, 2.05) is 13.8 Å². The number of amides is 1. The summed E-state index contributed by atoms with van der Waals surface area (Å²) in [4.78, 5) is 22.2. The van der Waals surface area contributed by atoms with Crippen LogP contribution in [-0.2, 0) is 0 Å². The van der Waals surface area contributed by atoms with Crippen molar-refractivity contribution in [2.45, 2.75) is 26.4 Å². The van der Waals surface area contributed by atoms with E-state index in [1.165, 1.54) is 12.1 Å². The first-order valence-corrected chi connectivity index (χ1v) is 6.64. The SMILES string of the molecule is CCC(C)C(O)CNC(=O)c1ccc(Cl)cc1[N+](=O)[O-]. The second kappa shape index (κ2) is 7.21. The van der Waals surface area contributed by atoms with Gasteiger partial charge in [-0.25, -0.2) is 0 Å². The highest BCUT2D eigenvalue weighted by atomic mass is 35.5. The van der Waals surface area contributed by atoms with Gasteiger partial charge in [0.25, 0.3) is 11.6 Å². The molecule has 0 aliphatic heterocycles. The summed E-state index contributed by atoms with van der Waals surface area (Å²) < 4.78 is 0. The Balaban J connectivity index is 2.80. The van der Waals surface area contributed by atoms with Crippen molar-refractivity contribution in [1.82, 2.24) is 5.32 Å². The molecule has 1 amide bonds. The molecule has 0 saturated carbocycles. The summed E-state index contributed by atoms with van der Waals surface area (Å²) in [5, 5.41) is 23.3. The summed E-state index contributed by atoms with van der Waals surface area (Å²) in [5.74, 6) is -0.564. The number of halogens is 1. The quantitative estimate of drug-likeness (QED) is 0.623. The minimum Gasteiger partial charge on any atom is -0.391 e. The predicted octanol–water partition coefficient (Wildman–Crippen LogP) is 2.39. The number of aliphatic hydroxyl groups excluding tert-OH is 1. The lowest BCUT2D eigenvalue weighted by Gasteiger charge is -2.17. The van der Waals surface area contributed by atoms with Crippen LogP contribution in [0.25, 0.3) is 0 Å². The molecule has 2 atom stereocenters. The van der Waals surface area contributed by atoms with Gasteiger partial charge < -0.3 is 10.4 Å². The summed E-state index contributed by atoms with van der Waals surface area (Å²) in [7, 11) is 0. The first kappa shape index (κ1) is 16.4. The molecule has 1 aromatic rings. The summed E-state index contributed by atoms with van der Waals surface area (Å²) >= 11 is 5.68. The number of hydrogen-bond donors (Lipinski definition) is 2. The Morgan fingerprint density at radius 2 is 2.20 bits per heavy atom. The molecule has 0 saturated heterocycles. The largest absolute Gasteiger partial charge is 0.391 e. The first-order valence-electron chi connectivity index (χ1n) is 6.27. The van der Waals surface area contributed by atoms with Gasteiger partial charge in [0, 0.05) is 17.6 Å². The van der Waals surface area contributed by atoms with E-state index in [0.717, 1.165) is 12.5 Å². The number of nitrogens with zero attached hydrogens (tertiary/aromatic N) is 1. The van der Waals surface area contributed by atoms with Crippen molar-refractivity contribution in [2.24, 2.45) is 5.92 Å². The van der Waals surface area contributed by atoms with Crippen molar-refractivity contribution in [3.05, 3.63) is 38.9 Å². The highest BCUT2D eigenvalue weighted by Gasteiger charge is 2.21. The molecule has 1 aromatic carbocycles. The van der Waals surface area contributed by atoms with Crippen LogP contribution in [-0.4, -0.2) is 28.6 Å². The number of aliphatic hydroxyl groups is 1. The molecule has 0 bridgehead atoms. The molecule has 0 aliphatic rings. The molecule has 0 heterocycles. The van der Waals surface area contributed by atoms with Crippen molar-refractivity contribution in [3.63, 3.8) is 0 Å². The van der Waals surface area contributed by atoms with Crippen LogP contribution in [0, 0.1) is 16.0 Å². The molecule has 20 heavy (non-hydrogen) atoms. The third-order valence-corrected chi connectivity index (χ3v) is 3.41. The summed E-state index contributed by atoms with van der Waals surface area (Å²) in [6, 6.07) is 3.83. The van der Waals surface area contributed by atoms with E-state index in [9.17, 15) is 20.0 Å². The normalized spacial score (nSPS) is 13.6. The molecule has 0 fully saturated rings. The Bertz CT molecular complexity index is 507. The van der Waals surface area contributed by atoms with E-state index >= 15 is 0 Å². The van der Waals surface area contributed by atoms with Gasteiger partial charge in [0.15, 0.2) is 0 Å². The van der Waals surface area contributed by atoms with E-state index in [0.29, 0.717) is 0 Å². The van der Waals surface area contributed by atoms with E-state index in [1.54, 1.807) is 0 Å². The molecule has 0 aliphatic carbocycles. The number of rotatable bonds is 6. The molecule has 2 N–H and O–H groups in total. The highest BCUT2D eigenvalue weighted by Crippen LogP contribution is 2.23. The van der Waals surface area contributed by atoms with Crippen molar-refractivity contribution >= 4 is 23.2 Å². The van der Waals surface area contributed by atoms with Crippen LogP contribution < -0.4 is 5.32 Å². The molecular weight excluding hydrogens is 284 g/mol. The topological polar surface area (TPSA) is 92.5 Å². The van der Waals surface area contributed by atoms with Crippen LogP contribution in [0.2, 0.25) is 5.02 Å². The molecule has 110 valence electrons. The second-order valence-corrected chi connectivity index (χ2v) is 5.02. The van der Waals surface area contributed by atoms with E-state index in [2.05, 4.69) is 5.32 Å². The Labute approximate surface area is 121 Å². The fraction of sp³-hybridized carbons (Fsp3) is 0.462. The average Bonchev–Trinajstić information content (AvgIpc) is 2.43. The lowest BCUT2D eigenvalue weighted by atomic mass is 10.0. The molecule has 0 aromatic heterocycles. The van der Waals surface area contributed by atoms with Gasteiger partial charge in [0.05, 0.1) is 11.0 Å². The number of nitro groups is 1. The standard InChI is InChI=1S/C13H17ClN2O4/c1-3-8(2)12(17)7-15-13(18)10-5-4-9(14)6-11(10)16(19)20/h4-6,8,12,17H,3,7H2,1-2H3,(H,15,18). The number of nitrogens with one attached hydrogen (secondary N) is 1. The van der Waals surface area contributed by atoms with Gasteiger partial charge >= 0.3 is 0 Å². The smallest absolute Gasteiger partial charge is 0.283 e. The van der Waals surface area contributed by atoms with E-state index in [4.69, 9.17) is 11.6 Å². The van der Waals surface area contributed by atoms with E-state index < -0.39 is 16.9 Å². The Morgan fingerprint density at radius 3 is 2.75 bits per heavy atom. The lowest BCUT2D eigenvalue weighted by molar-refractivity contribution is -0.385. The van der Waals surface area contributed by atoms with Gasteiger partial charge in [-0.05, 0) is 18.1 Å². The molecule has 2 unspecified atom stereocenters. The fourth-order valence-electron chi connectivity index (χ4n) is 1.61. The van der Waals surface area contributed by atoms with Crippen LogP contribution >= 0.6 is 11.6 Å². The minimum absolute atomic E-state index is 0.0375. The average molecular weight is 301 g/mol. The summed E-state index contributed by atoms with van der Waals surface area (Å²) in [6.45, 7) is 3.84. The molecule has 0 radical (unpaired) electrons. The monoisotopic (exact) mass is 300 g/mol. The zero-order valence-electron chi connectivity index (χ0n) is 11.3. The first-order chi connectivity index (χ1) is 9.36. The minimum atomic E-state index is -0.685. The van der Waals surface area contributed by atoms with Gasteiger partial charge in [-0.1, -0.05) is 31.9 Å². The molecule has 7 heteroatoms. The maximum atomic E-state index is 11.9. The third-order valence-electron chi connectivity index (χ3n) is 3.17. The molecule has 6 nitrogen and oxygen atoms in total. The zero-order chi connectivity index (χ0) is 15.3. The van der Waals surface area contributed by atoms with Crippen molar-refractivity contribution in [3.8, 4) is 0 Å². The number of carbonyl (C=O) groups excluding carboxylic acids is 1. The fourth-order valence-corrected chi connectivity index (χ4v) is 1.78. The van der Waals surface area contributed by atoms with Crippen LogP contribution in [0.5, 0.6) is 0 Å². The van der Waals surface area contributed by atoms with Crippen LogP contribution in [0.1, 0.15) is 30.6 Å². The van der Waals surface area contributed by atoms with E-state index in [-0.39, 0.29) is 28.7 Å². The van der Waals surface area contributed by atoms with Gasteiger partial charge in [0.1, 0.15) is 5.56 Å². The third kappa shape index (κ3) is 4.18. The van der Waals surface area contributed by atoms with Crippen molar-refractivity contribution in [2.75, 3.05) is 6.54 Å². The second-order valence-electron chi connectivity index (χ2n) is 4.58. The van der Waals surface area contributed by atoms with Crippen LogP contribution in [0.4, 0.5) is 5.69 Å². The number of nitro benzene ring substituents is 1. The molecular formula is C13H17ClN2O4. The molecule has 1 rings (SSSR count). The number of carbonyl (C=O) groups is 1. The zero-order valence-corrected chi connectivity index (χ0v) is 12.1.